The van der Waals surface area contributed by atoms with Crippen molar-refractivity contribution in [2.75, 3.05) is 26.4 Å². The molecule has 12 N–H and O–H groups in total. The van der Waals surface area contributed by atoms with Crippen molar-refractivity contribution in [1.29, 1.82) is 0 Å². The summed E-state index contributed by atoms with van der Waals surface area (Å²) in [5.74, 6) is -6.61. The Kier molecular flexibility index (Phi) is 20.1. The number of carboxylic acids is 1. The number of ether oxygens (including phenoxy) is 7. The number of hydrogen-bond acceptors (Lipinski definition) is 21. The molecular formula is C45H66F2N6O20. The Morgan fingerprint density at radius 1 is 0.836 bits per heavy atom. The van der Waals surface area contributed by atoms with Gasteiger partial charge in [0, 0.05) is 31.9 Å². The van der Waals surface area contributed by atoms with Crippen molar-refractivity contribution in [3.05, 3.63) is 35.5 Å². The van der Waals surface area contributed by atoms with Crippen LogP contribution in [0.1, 0.15) is 65.0 Å². The number of aryl methyl sites for hydroxylation is 1. The fourth-order valence-corrected chi connectivity index (χ4v) is 9.47. The Morgan fingerprint density at radius 2 is 1.51 bits per heavy atom. The number of benzene rings is 1. The molecule has 0 spiro atoms. The first-order chi connectivity index (χ1) is 34.6. The van der Waals surface area contributed by atoms with Crippen molar-refractivity contribution in [3.8, 4) is 11.3 Å². The number of carbonyl (C=O) groups is 4. The fraction of sp³-hybridized carbons (Fsp3) is 0.733. The molecule has 3 saturated heterocycles. The smallest absolute Gasteiger partial charge is 0.332 e. The number of rotatable bonds is 20. The van der Waals surface area contributed by atoms with Gasteiger partial charge in [0.2, 0.25) is 17.7 Å². The minimum Gasteiger partial charge on any atom is -0.479 e. The van der Waals surface area contributed by atoms with Crippen LogP contribution in [0.4, 0.5) is 8.78 Å². The second-order valence-corrected chi connectivity index (χ2v) is 18.6. The summed E-state index contributed by atoms with van der Waals surface area (Å²) in [6, 6.07) is -1.77. The lowest BCUT2D eigenvalue weighted by Crippen LogP contribution is -2.68. The Balaban J connectivity index is 1.22. The normalized spacial score (nSPS) is 36.2. The molecule has 1 aromatic carbocycles. The molecule has 6 rings (SSSR count). The van der Waals surface area contributed by atoms with Crippen LogP contribution in [0.3, 0.4) is 0 Å². The minimum atomic E-state index is -1.86. The van der Waals surface area contributed by atoms with Crippen LogP contribution in [0, 0.1) is 24.5 Å². The molecule has 9 unspecified atom stereocenters. The van der Waals surface area contributed by atoms with Gasteiger partial charge < -0.3 is 95.1 Å². The van der Waals surface area contributed by atoms with Gasteiger partial charge >= 0.3 is 5.97 Å². The minimum absolute atomic E-state index is 0.00683. The van der Waals surface area contributed by atoms with E-state index in [1.165, 1.54) is 33.0 Å². The van der Waals surface area contributed by atoms with Crippen molar-refractivity contribution in [1.82, 2.24) is 30.9 Å². The van der Waals surface area contributed by atoms with Gasteiger partial charge in [-0.3, -0.25) is 14.4 Å². The third kappa shape index (κ3) is 13.5. The number of aromatic nitrogens is 3. The molecule has 4 fully saturated rings. The second-order valence-electron chi connectivity index (χ2n) is 18.6. The lowest BCUT2D eigenvalue weighted by atomic mass is 9.80. The Bertz CT molecular complexity index is 2180. The van der Waals surface area contributed by atoms with Gasteiger partial charge in [-0.25, -0.2) is 18.3 Å². The largest absolute Gasteiger partial charge is 0.479 e. The number of carboxylic acid groups (broad SMARTS) is 1. The molecule has 73 heavy (non-hydrogen) atoms. The third-order valence-corrected chi connectivity index (χ3v) is 13.2. The SMILES string of the molecule is CCC[C@H](OC1C(NC(C)=O)[C@H](O[C@@H]2CC(C(=O)NCCO[C@H]3OC(CO)[C@@H](O)C(n4cc(-c5cc(C)c(F)c(F)c5)nn4)C3O)CC(NC(C)=O)[C@H]2O[C@@H]2OC(C)[C@@H](O)[C@H](O)C2O)O[C@@H](CO)[C@@H]1O)C(=O)O. The maximum absolute atomic E-state index is 14.2. The number of halogens is 2. The average molecular weight is 1050 g/mol. The molecule has 4 aliphatic rings. The van der Waals surface area contributed by atoms with Gasteiger partial charge in [-0.1, -0.05) is 18.6 Å². The van der Waals surface area contributed by atoms with Crippen LogP contribution >= 0.6 is 0 Å². The number of hydrogen-bond donors (Lipinski definition) is 12. The number of aliphatic carboxylic acids is 1. The summed E-state index contributed by atoms with van der Waals surface area (Å²) >= 11 is 0. The number of aliphatic hydroxyl groups excluding tert-OH is 8. The van der Waals surface area contributed by atoms with E-state index in [0.717, 1.165) is 17.7 Å². The number of carbonyl (C=O) groups excluding carboxylic acids is 3. The van der Waals surface area contributed by atoms with Gasteiger partial charge in [0.1, 0.15) is 78.8 Å². The molecule has 26 nitrogen and oxygen atoms in total. The first-order valence-corrected chi connectivity index (χ1v) is 23.9. The highest BCUT2D eigenvalue weighted by atomic mass is 19.2. The van der Waals surface area contributed by atoms with Crippen LogP contribution in [0.15, 0.2) is 18.3 Å². The van der Waals surface area contributed by atoms with E-state index in [2.05, 4.69) is 26.3 Å². The van der Waals surface area contributed by atoms with E-state index in [1.807, 2.05) is 0 Å². The van der Waals surface area contributed by atoms with Crippen molar-refractivity contribution >= 4 is 23.7 Å². The molecule has 410 valence electrons. The summed E-state index contributed by atoms with van der Waals surface area (Å²) in [5, 5.41) is 112. The van der Waals surface area contributed by atoms with Crippen LogP contribution < -0.4 is 16.0 Å². The summed E-state index contributed by atoms with van der Waals surface area (Å²) in [6.45, 7) is 4.55. The predicted molar refractivity (Wildman–Crippen MR) is 239 cm³/mol. The van der Waals surface area contributed by atoms with Gasteiger partial charge in [-0.15, -0.1) is 5.10 Å². The summed E-state index contributed by atoms with van der Waals surface area (Å²) in [7, 11) is 0. The van der Waals surface area contributed by atoms with Gasteiger partial charge in [-0.2, -0.15) is 0 Å². The highest BCUT2D eigenvalue weighted by Crippen LogP contribution is 2.37. The summed E-state index contributed by atoms with van der Waals surface area (Å²) in [5.41, 5.74) is 0.212. The van der Waals surface area contributed by atoms with E-state index >= 15 is 0 Å². The molecule has 0 radical (unpaired) electrons. The average Bonchev–Trinajstić information content (AvgIpc) is 3.82. The maximum Gasteiger partial charge on any atom is 0.332 e. The molecule has 1 aromatic heterocycles. The van der Waals surface area contributed by atoms with E-state index in [4.69, 9.17) is 33.2 Å². The standard InChI is InChI=1S/C45H66F2N6O20/c1-6-7-26(42(65)66)69-40-31(50-20(5)57)43(71-29(16-55)35(40)60)70-27-13-22(12-24(49-19(4)56)39(27)73-45-38(63)37(62)33(58)18(3)68-45)41(64)48-8-9-67-44-36(61)32(34(59)28(15-54)72-44)53-14-25(51-52-53)21-10-17(2)30(47)23(46)11-21/h10-11,14,18,22,24,26-29,31-40,43-45,54-55,58-63H,6-9,12-13,15-16H2,1-5H3,(H,48,64)(H,49,56)(H,50,57)(H,65,66)/t18?,22?,24?,26-,27+,28?,29-,31?,32?,33+,34+,35-,36?,37-,38?,39+,40?,43+,44-,45-/m0/s1. The summed E-state index contributed by atoms with van der Waals surface area (Å²) < 4.78 is 71.1. The van der Waals surface area contributed by atoms with E-state index in [1.54, 1.807) is 6.92 Å². The highest BCUT2D eigenvalue weighted by molar-refractivity contribution is 5.79. The topological polar surface area (TPSA) is 382 Å². The number of nitrogens with one attached hydrogen (secondary N) is 3. The highest BCUT2D eigenvalue weighted by Gasteiger charge is 2.53. The lowest BCUT2D eigenvalue weighted by molar-refractivity contribution is -0.335. The maximum atomic E-state index is 14.2. The monoisotopic (exact) mass is 1050 g/mol. The quantitative estimate of drug-likeness (QED) is 0.0570. The van der Waals surface area contributed by atoms with Crippen LogP contribution in [0.25, 0.3) is 11.3 Å². The van der Waals surface area contributed by atoms with Crippen LogP contribution in [0.2, 0.25) is 0 Å². The van der Waals surface area contributed by atoms with E-state index < -0.39 is 171 Å². The molecular weight excluding hydrogens is 983 g/mol. The molecule has 3 amide bonds. The first-order valence-electron chi connectivity index (χ1n) is 23.9. The van der Waals surface area contributed by atoms with E-state index in [-0.39, 0.29) is 49.2 Å². The van der Waals surface area contributed by atoms with Crippen molar-refractivity contribution in [3.63, 3.8) is 0 Å². The Morgan fingerprint density at radius 3 is 2.14 bits per heavy atom. The zero-order valence-corrected chi connectivity index (χ0v) is 40.5. The molecule has 4 heterocycles. The van der Waals surface area contributed by atoms with Crippen LogP contribution in [-0.2, 0) is 52.3 Å². The van der Waals surface area contributed by atoms with Gasteiger partial charge in [0.15, 0.2) is 36.6 Å². The van der Waals surface area contributed by atoms with E-state index in [0.29, 0.717) is 6.42 Å². The third-order valence-electron chi connectivity index (χ3n) is 13.2. The number of aliphatic hydroxyl groups is 8. The molecule has 28 heteroatoms. The molecule has 0 bridgehead atoms. The zero-order valence-electron chi connectivity index (χ0n) is 40.5. The van der Waals surface area contributed by atoms with Crippen molar-refractivity contribution in [2.45, 2.75) is 177 Å². The molecule has 1 aliphatic carbocycles. The predicted octanol–water partition coefficient (Wildman–Crippen LogP) is -3.62. The zero-order chi connectivity index (χ0) is 53.6. The second kappa shape index (κ2) is 25.4. The molecule has 3 aliphatic heterocycles. The number of amides is 3. The Labute approximate surface area is 416 Å². The first kappa shape index (κ1) is 57.8. The molecule has 2 aromatic rings. The van der Waals surface area contributed by atoms with E-state index in [9.17, 15) is 73.9 Å². The number of nitrogens with zero attached hydrogens (tertiary/aromatic N) is 3. The molecule has 20 atom stereocenters. The lowest BCUT2D eigenvalue weighted by Gasteiger charge is -2.49. The summed E-state index contributed by atoms with van der Waals surface area (Å²) in [6.07, 6.45) is -23.7. The van der Waals surface area contributed by atoms with Gasteiger partial charge in [0.25, 0.3) is 0 Å². The van der Waals surface area contributed by atoms with Crippen molar-refractivity contribution < 1.29 is 107 Å². The summed E-state index contributed by atoms with van der Waals surface area (Å²) in [4.78, 5) is 51.8. The van der Waals surface area contributed by atoms with Crippen LogP contribution in [0.5, 0.6) is 0 Å². The van der Waals surface area contributed by atoms with Gasteiger partial charge in [0.05, 0.1) is 44.3 Å². The van der Waals surface area contributed by atoms with Gasteiger partial charge in [-0.05, 0) is 50.8 Å². The van der Waals surface area contributed by atoms with Crippen molar-refractivity contribution in [2.24, 2.45) is 5.92 Å². The van der Waals surface area contributed by atoms with Crippen LogP contribution in [-0.4, -0.2) is 221 Å². The fourth-order valence-electron chi connectivity index (χ4n) is 9.47. The Hall–Kier alpha value is -4.50. The molecule has 1 saturated carbocycles.